The topological polar surface area (TPSA) is 58.0 Å². The Morgan fingerprint density at radius 1 is 1.23 bits per heavy atom. The lowest BCUT2D eigenvalue weighted by Gasteiger charge is -2.28. The Balaban J connectivity index is 1.92. The number of aromatic nitrogens is 1. The Bertz CT molecular complexity index is 787. The molecule has 0 saturated carbocycles. The number of nitrogens with zero attached hydrogens (tertiary/aromatic N) is 3. The number of oxime groups is 1. The summed E-state index contributed by atoms with van der Waals surface area (Å²) in [5.41, 5.74) is 3.46. The second-order valence-electron chi connectivity index (χ2n) is 6.90. The third-order valence-electron chi connectivity index (χ3n) is 4.88. The van der Waals surface area contributed by atoms with Gasteiger partial charge in [0, 0.05) is 18.8 Å². The summed E-state index contributed by atoms with van der Waals surface area (Å²) in [5, 5.41) is 13.2. The molecule has 0 saturated heterocycles. The molecule has 1 heterocycles. The average Bonchev–Trinajstić information content (AvgIpc) is 2.66. The first kappa shape index (κ1) is 18.2. The Kier molecular flexibility index (Phi) is 5.76. The molecule has 0 bridgehead atoms. The molecule has 0 spiro atoms. The van der Waals surface area contributed by atoms with Crippen LogP contribution in [0.1, 0.15) is 50.3 Å². The van der Waals surface area contributed by atoms with Crippen LogP contribution in [0, 0.1) is 0 Å². The van der Waals surface area contributed by atoms with Crippen LogP contribution in [0.25, 0.3) is 0 Å². The predicted octanol–water partition coefficient (Wildman–Crippen LogP) is 4.62. The quantitative estimate of drug-likeness (QED) is 0.369. The fraction of sp³-hybridized carbons (Fsp3) is 0.429. The minimum atomic E-state index is 0.197. The first-order valence-electron chi connectivity index (χ1n) is 9.37. The zero-order valence-corrected chi connectivity index (χ0v) is 15.8. The number of rotatable bonds is 5. The first-order chi connectivity index (χ1) is 12.6. The molecule has 0 aliphatic heterocycles. The largest absolute Gasteiger partial charge is 0.438 e. The molecule has 2 aromatic rings. The molecule has 0 fully saturated rings. The fourth-order valence-corrected chi connectivity index (χ4v) is 3.55. The number of pyridine rings is 1. The van der Waals surface area contributed by atoms with E-state index in [1.807, 2.05) is 30.0 Å². The number of hydrogen-bond donors (Lipinski definition) is 1. The molecule has 0 atom stereocenters. The van der Waals surface area contributed by atoms with Crippen LogP contribution >= 0.6 is 0 Å². The Hall–Kier alpha value is -2.56. The molecule has 1 aliphatic carbocycles. The lowest BCUT2D eigenvalue weighted by Crippen LogP contribution is -2.37. The van der Waals surface area contributed by atoms with Gasteiger partial charge in [0.2, 0.25) is 5.88 Å². The van der Waals surface area contributed by atoms with Gasteiger partial charge in [-0.25, -0.2) is 4.98 Å². The summed E-state index contributed by atoms with van der Waals surface area (Å²) in [7, 11) is 0. The smallest absolute Gasteiger partial charge is 0.230 e. The van der Waals surface area contributed by atoms with Crippen molar-refractivity contribution < 1.29 is 9.94 Å². The molecule has 1 N–H and O–H groups in total. The molecule has 3 rings (SSSR count). The van der Waals surface area contributed by atoms with Crippen molar-refractivity contribution in [1.29, 1.82) is 0 Å². The Morgan fingerprint density at radius 2 is 2.00 bits per heavy atom. The van der Waals surface area contributed by atoms with Gasteiger partial charge in [0.15, 0.2) is 5.84 Å². The molecule has 1 aromatic heterocycles. The third kappa shape index (κ3) is 3.82. The molecule has 5 nitrogen and oxygen atoms in total. The molecule has 5 heteroatoms. The third-order valence-corrected chi connectivity index (χ3v) is 4.88. The predicted molar refractivity (Wildman–Crippen MR) is 103 cm³/mol. The summed E-state index contributed by atoms with van der Waals surface area (Å²) < 4.78 is 6.10. The second-order valence-corrected chi connectivity index (χ2v) is 6.90. The van der Waals surface area contributed by atoms with Crippen LogP contribution in [0.5, 0.6) is 11.6 Å². The number of hydrogen-bond acceptors (Lipinski definition) is 4. The van der Waals surface area contributed by atoms with Crippen molar-refractivity contribution in [3.8, 4) is 11.6 Å². The maximum absolute atomic E-state index is 9.64. The van der Waals surface area contributed by atoms with Crippen molar-refractivity contribution in [2.24, 2.45) is 5.16 Å². The fourth-order valence-electron chi connectivity index (χ4n) is 3.55. The molecule has 0 unspecified atom stereocenters. The van der Waals surface area contributed by atoms with E-state index in [2.05, 4.69) is 36.1 Å². The summed E-state index contributed by atoms with van der Waals surface area (Å²) in [6.07, 6.45) is 6.42. The van der Waals surface area contributed by atoms with Gasteiger partial charge in [0.25, 0.3) is 0 Å². The summed E-state index contributed by atoms with van der Waals surface area (Å²) in [6.45, 7) is 6.89. The van der Waals surface area contributed by atoms with Crippen molar-refractivity contribution in [2.45, 2.75) is 52.5 Å². The van der Waals surface area contributed by atoms with Gasteiger partial charge in [-0.05, 0) is 81.8 Å². The van der Waals surface area contributed by atoms with Gasteiger partial charge < -0.3 is 14.8 Å². The molecule has 26 heavy (non-hydrogen) atoms. The number of fused-ring (bicyclic) bond motifs is 1. The van der Waals surface area contributed by atoms with Crippen LogP contribution in [0.4, 0.5) is 0 Å². The van der Waals surface area contributed by atoms with E-state index in [4.69, 9.17) is 4.74 Å². The van der Waals surface area contributed by atoms with Crippen molar-refractivity contribution in [3.05, 3.63) is 53.2 Å². The summed E-state index contributed by atoms with van der Waals surface area (Å²) >= 11 is 0. The normalized spacial score (nSPS) is 14.2. The van der Waals surface area contributed by atoms with Crippen LogP contribution in [-0.2, 0) is 12.8 Å². The van der Waals surface area contributed by atoms with Crippen molar-refractivity contribution in [1.82, 2.24) is 9.88 Å². The highest BCUT2D eigenvalue weighted by molar-refractivity contribution is 6.00. The van der Waals surface area contributed by atoms with E-state index in [0.717, 1.165) is 25.1 Å². The van der Waals surface area contributed by atoms with Gasteiger partial charge in [0.05, 0.1) is 5.56 Å². The molecular weight excluding hydrogens is 326 g/mol. The van der Waals surface area contributed by atoms with Crippen LogP contribution in [-0.4, -0.2) is 33.5 Å². The molecule has 0 radical (unpaired) electrons. The van der Waals surface area contributed by atoms with E-state index in [0.29, 0.717) is 17.3 Å². The zero-order chi connectivity index (χ0) is 18.5. The van der Waals surface area contributed by atoms with E-state index >= 15 is 0 Å². The summed E-state index contributed by atoms with van der Waals surface area (Å²) in [5.74, 6) is 1.70. The number of amidine groups is 1. The van der Waals surface area contributed by atoms with Crippen LogP contribution in [0.2, 0.25) is 0 Å². The van der Waals surface area contributed by atoms with E-state index in [9.17, 15) is 5.21 Å². The van der Waals surface area contributed by atoms with Crippen molar-refractivity contribution in [3.63, 3.8) is 0 Å². The number of aryl methyl sites for hydroxylation is 2. The Morgan fingerprint density at radius 3 is 2.69 bits per heavy atom. The lowest BCUT2D eigenvalue weighted by molar-refractivity contribution is 0.289. The van der Waals surface area contributed by atoms with Gasteiger partial charge in [-0.3, -0.25) is 0 Å². The van der Waals surface area contributed by atoms with E-state index < -0.39 is 0 Å². The average molecular weight is 353 g/mol. The molecule has 138 valence electrons. The number of ether oxygens (including phenoxy) is 1. The highest BCUT2D eigenvalue weighted by atomic mass is 16.5. The van der Waals surface area contributed by atoms with E-state index in [-0.39, 0.29) is 6.04 Å². The van der Waals surface area contributed by atoms with Crippen LogP contribution < -0.4 is 4.74 Å². The van der Waals surface area contributed by atoms with Gasteiger partial charge in [-0.15, -0.1) is 0 Å². The van der Waals surface area contributed by atoms with Crippen molar-refractivity contribution in [2.75, 3.05) is 6.54 Å². The van der Waals surface area contributed by atoms with E-state index in [1.165, 1.54) is 24.0 Å². The highest BCUT2D eigenvalue weighted by Gasteiger charge is 2.21. The minimum absolute atomic E-state index is 0.197. The minimum Gasteiger partial charge on any atom is -0.438 e. The molecule has 0 amide bonds. The lowest BCUT2D eigenvalue weighted by atomic mass is 9.92. The van der Waals surface area contributed by atoms with Gasteiger partial charge in [-0.2, -0.15) is 0 Å². The monoisotopic (exact) mass is 353 g/mol. The Labute approximate surface area is 155 Å². The zero-order valence-electron chi connectivity index (χ0n) is 15.8. The molecule has 1 aromatic carbocycles. The van der Waals surface area contributed by atoms with Gasteiger partial charge in [-0.1, -0.05) is 11.2 Å². The number of benzene rings is 1. The van der Waals surface area contributed by atoms with Crippen LogP contribution in [0.15, 0.2) is 41.7 Å². The standard InChI is InChI=1S/C21H27N3O2/c1-4-24(15(2)3)20(23-25)19-10-7-13-22-21(19)26-18-12-11-16-8-5-6-9-17(16)14-18/h7,10-15,25H,4-6,8-9H2,1-3H3/b23-20-. The van der Waals surface area contributed by atoms with Gasteiger partial charge in [0.1, 0.15) is 5.75 Å². The molecule has 1 aliphatic rings. The highest BCUT2D eigenvalue weighted by Crippen LogP contribution is 2.29. The summed E-state index contributed by atoms with van der Waals surface area (Å²) in [6, 6.07) is 10.2. The van der Waals surface area contributed by atoms with Crippen LogP contribution in [0.3, 0.4) is 0 Å². The first-order valence-corrected chi connectivity index (χ1v) is 9.37. The van der Waals surface area contributed by atoms with Gasteiger partial charge >= 0.3 is 0 Å². The summed E-state index contributed by atoms with van der Waals surface area (Å²) in [4.78, 5) is 6.40. The maximum atomic E-state index is 9.64. The maximum Gasteiger partial charge on any atom is 0.230 e. The van der Waals surface area contributed by atoms with E-state index in [1.54, 1.807) is 6.20 Å². The molecular formula is C21H27N3O2. The van der Waals surface area contributed by atoms with Crippen molar-refractivity contribution >= 4 is 5.84 Å². The second kappa shape index (κ2) is 8.21. The SMILES string of the molecule is CCN(/C(=N\O)c1cccnc1Oc1ccc2c(c1)CCCC2)C(C)C.